The van der Waals surface area contributed by atoms with E-state index in [4.69, 9.17) is 9.47 Å². The standard InChI is InChI=1S/C20H17BrN4O3S/c1-3-8-29-20-23-19-16(24-25-20)12-6-4-5-7-14(12)22-18(28-19)11-9-13(21)17(26)15(10-11)27-2/h3-7,9-10,18,22,26H,1,8H2,2H3/t18-/m1/s1. The predicted octanol–water partition coefficient (Wildman–Crippen LogP) is 4.80. The zero-order valence-electron chi connectivity index (χ0n) is 15.4. The molecule has 2 aromatic carbocycles. The summed E-state index contributed by atoms with van der Waals surface area (Å²) in [4.78, 5) is 4.55. The Hall–Kier alpha value is -2.78. The summed E-state index contributed by atoms with van der Waals surface area (Å²) in [6, 6.07) is 11.2. The van der Waals surface area contributed by atoms with Crippen LogP contribution in [0.15, 0.2) is 58.7 Å². The maximum absolute atomic E-state index is 10.1. The third kappa shape index (κ3) is 3.88. The monoisotopic (exact) mass is 472 g/mol. The van der Waals surface area contributed by atoms with Crippen molar-refractivity contribution in [2.24, 2.45) is 0 Å². The molecule has 0 fully saturated rings. The first-order valence-electron chi connectivity index (χ1n) is 8.68. The lowest BCUT2D eigenvalue weighted by Crippen LogP contribution is -2.17. The number of anilines is 1. The quantitative estimate of drug-likeness (QED) is 0.404. The summed E-state index contributed by atoms with van der Waals surface area (Å²) >= 11 is 4.79. The molecular formula is C20H17BrN4O3S. The molecule has 3 aromatic rings. The van der Waals surface area contributed by atoms with Gasteiger partial charge in [0.25, 0.3) is 0 Å². The van der Waals surface area contributed by atoms with Gasteiger partial charge >= 0.3 is 0 Å². The zero-order valence-corrected chi connectivity index (χ0v) is 17.8. The van der Waals surface area contributed by atoms with E-state index in [1.165, 1.54) is 18.9 Å². The van der Waals surface area contributed by atoms with Crippen LogP contribution in [0.25, 0.3) is 11.3 Å². The smallest absolute Gasteiger partial charge is 0.247 e. The van der Waals surface area contributed by atoms with E-state index < -0.39 is 6.23 Å². The Morgan fingerprint density at radius 1 is 1.34 bits per heavy atom. The summed E-state index contributed by atoms with van der Waals surface area (Å²) in [5, 5.41) is 22.6. The average Bonchev–Trinajstić information content (AvgIpc) is 2.90. The fraction of sp³-hybridized carbons (Fsp3) is 0.150. The third-order valence-corrected chi connectivity index (χ3v) is 5.68. The van der Waals surface area contributed by atoms with Gasteiger partial charge in [0.15, 0.2) is 23.4 Å². The highest BCUT2D eigenvalue weighted by molar-refractivity contribution is 9.10. The molecule has 1 atom stereocenters. The highest BCUT2D eigenvalue weighted by Gasteiger charge is 2.27. The summed E-state index contributed by atoms with van der Waals surface area (Å²) in [6.45, 7) is 3.72. The Morgan fingerprint density at radius 2 is 2.17 bits per heavy atom. The van der Waals surface area contributed by atoms with Crippen LogP contribution in [0.2, 0.25) is 0 Å². The summed E-state index contributed by atoms with van der Waals surface area (Å²) in [5.41, 5.74) is 2.98. The van der Waals surface area contributed by atoms with Crippen LogP contribution in [0.1, 0.15) is 11.8 Å². The number of fused-ring (bicyclic) bond motifs is 3. The number of para-hydroxylation sites is 1. The topological polar surface area (TPSA) is 89.4 Å². The number of benzene rings is 2. The minimum absolute atomic E-state index is 0.0257. The van der Waals surface area contributed by atoms with Gasteiger partial charge in [0.1, 0.15) is 0 Å². The number of rotatable bonds is 5. The van der Waals surface area contributed by atoms with Crippen LogP contribution in [-0.2, 0) is 0 Å². The average molecular weight is 473 g/mol. The van der Waals surface area contributed by atoms with E-state index in [2.05, 4.69) is 43.0 Å². The summed E-state index contributed by atoms with van der Waals surface area (Å²) in [7, 11) is 1.50. The van der Waals surface area contributed by atoms with Crippen molar-refractivity contribution in [1.82, 2.24) is 15.2 Å². The number of nitrogens with one attached hydrogen (secondary N) is 1. The Morgan fingerprint density at radius 3 is 2.97 bits per heavy atom. The Balaban J connectivity index is 1.82. The van der Waals surface area contributed by atoms with Gasteiger partial charge in [-0.2, -0.15) is 4.98 Å². The fourth-order valence-corrected chi connectivity index (χ4v) is 3.87. The first-order chi connectivity index (χ1) is 14.1. The number of methoxy groups -OCH3 is 1. The maximum Gasteiger partial charge on any atom is 0.247 e. The number of hydrogen-bond donors (Lipinski definition) is 2. The van der Waals surface area contributed by atoms with Crippen molar-refractivity contribution in [2.45, 2.75) is 11.4 Å². The van der Waals surface area contributed by atoms with Gasteiger partial charge in [-0.15, -0.1) is 16.8 Å². The van der Waals surface area contributed by atoms with E-state index in [0.29, 0.717) is 32.7 Å². The fourth-order valence-electron chi connectivity index (χ4n) is 2.89. The molecule has 1 aliphatic rings. The second-order valence-corrected chi connectivity index (χ2v) is 7.93. The van der Waals surface area contributed by atoms with Crippen molar-refractivity contribution < 1.29 is 14.6 Å². The van der Waals surface area contributed by atoms with Crippen LogP contribution in [0.3, 0.4) is 0 Å². The largest absolute Gasteiger partial charge is 0.503 e. The Bertz CT molecular complexity index is 1080. The minimum atomic E-state index is -0.586. The second-order valence-electron chi connectivity index (χ2n) is 6.09. The van der Waals surface area contributed by atoms with Gasteiger partial charge < -0.3 is 19.9 Å². The van der Waals surface area contributed by atoms with E-state index in [1.54, 1.807) is 18.2 Å². The predicted molar refractivity (Wildman–Crippen MR) is 116 cm³/mol. The Kier molecular flexibility index (Phi) is 5.59. The molecule has 29 heavy (non-hydrogen) atoms. The first kappa shape index (κ1) is 19.5. The minimum Gasteiger partial charge on any atom is -0.503 e. The molecule has 4 rings (SSSR count). The van der Waals surface area contributed by atoms with Gasteiger partial charge in [-0.1, -0.05) is 36.0 Å². The molecule has 2 N–H and O–H groups in total. The lowest BCUT2D eigenvalue weighted by atomic mass is 10.1. The van der Waals surface area contributed by atoms with E-state index in [9.17, 15) is 5.11 Å². The van der Waals surface area contributed by atoms with Crippen LogP contribution in [0, 0.1) is 0 Å². The molecule has 0 unspecified atom stereocenters. The number of aromatic nitrogens is 3. The lowest BCUT2D eigenvalue weighted by molar-refractivity contribution is 0.224. The molecule has 0 saturated carbocycles. The Labute approximate surface area is 180 Å². The molecular weight excluding hydrogens is 456 g/mol. The molecule has 2 heterocycles. The SMILES string of the molecule is C=CCSc1nnc2c(n1)O[C@H](c1cc(Br)c(O)c(OC)c1)Nc1ccccc1-2. The normalized spacial score (nSPS) is 14.6. The van der Waals surface area contributed by atoms with Gasteiger partial charge in [0.2, 0.25) is 11.0 Å². The van der Waals surface area contributed by atoms with Gasteiger partial charge in [-0.3, -0.25) is 0 Å². The van der Waals surface area contributed by atoms with E-state index >= 15 is 0 Å². The molecule has 0 bridgehead atoms. The van der Waals surface area contributed by atoms with Gasteiger partial charge in [0.05, 0.1) is 11.6 Å². The van der Waals surface area contributed by atoms with Crippen molar-refractivity contribution in [1.29, 1.82) is 0 Å². The van der Waals surface area contributed by atoms with Crippen molar-refractivity contribution in [3.63, 3.8) is 0 Å². The van der Waals surface area contributed by atoms with Gasteiger partial charge in [-0.25, -0.2) is 0 Å². The van der Waals surface area contributed by atoms with Crippen LogP contribution in [-0.4, -0.2) is 33.2 Å². The number of thioether (sulfide) groups is 1. The molecule has 7 nitrogen and oxygen atoms in total. The number of phenolic OH excluding ortho intramolecular Hbond substituents is 1. The number of ether oxygens (including phenoxy) is 2. The number of phenols is 1. The van der Waals surface area contributed by atoms with Gasteiger partial charge in [0, 0.05) is 22.6 Å². The second kappa shape index (κ2) is 8.30. The molecule has 0 spiro atoms. The summed E-state index contributed by atoms with van der Waals surface area (Å²) in [5.74, 6) is 1.40. The lowest BCUT2D eigenvalue weighted by Gasteiger charge is -2.20. The molecule has 1 aliphatic heterocycles. The van der Waals surface area contributed by atoms with Crippen molar-refractivity contribution in [2.75, 3.05) is 18.2 Å². The van der Waals surface area contributed by atoms with E-state index in [1.807, 2.05) is 24.3 Å². The van der Waals surface area contributed by atoms with Crippen LogP contribution < -0.4 is 14.8 Å². The van der Waals surface area contributed by atoms with Gasteiger partial charge in [-0.05, 0) is 34.1 Å². The zero-order chi connectivity index (χ0) is 20.4. The number of aromatic hydroxyl groups is 1. The number of halogens is 1. The first-order valence-corrected chi connectivity index (χ1v) is 10.5. The molecule has 0 amide bonds. The molecule has 9 heteroatoms. The van der Waals surface area contributed by atoms with Crippen LogP contribution in [0.4, 0.5) is 5.69 Å². The summed E-state index contributed by atoms with van der Waals surface area (Å²) in [6.07, 6.45) is 1.19. The molecule has 0 saturated heterocycles. The molecule has 0 aliphatic carbocycles. The third-order valence-electron chi connectivity index (χ3n) is 4.24. The van der Waals surface area contributed by atoms with Crippen LogP contribution in [0.5, 0.6) is 17.4 Å². The van der Waals surface area contributed by atoms with Crippen molar-refractivity contribution >= 4 is 33.4 Å². The summed E-state index contributed by atoms with van der Waals surface area (Å²) < 4.78 is 12.0. The van der Waals surface area contributed by atoms with Crippen molar-refractivity contribution in [3.8, 4) is 28.6 Å². The highest BCUT2D eigenvalue weighted by atomic mass is 79.9. The van der Waals surface area contributed by atoms with E-state index in [0.717, 1.165) is 16.8 Å². The van der Waals surface area contributed by atoms with Crippen molar-refractivity contribution in [3.05, 3.63) is 59.1 Å². The van der Waals surface area contributed by atoms with E-state index in [-0.39, 0.29) is 5.75 Å². The number of nitrogens with zero attached hydrogens (tertiary/aromatic N) is 3. The van der Waals surface area contributed by atoms with Crippen LogP contribution >= 0.6 is 27.7 Å². The molecule has 148 valence electrons. The molecule has 0 radical (unpaired) electrons. The number of hydrogen-bond acceptors (Lipinski definition) is 8. The maximum atomic E-state index is 10.1. The molecule has 1 aromatic heterocycles. The highest BCUT2D eigenvalue weighted by Crippen LogP contribution is 2.42.